The van der Waals surface area contributed by atoms with Crippen LogP contribution in [0.1, 0.15) is 47.0 Å². The lowest BCUT2D eigenvalue weighted by molar-refractivity contribution is -0.146. The number of hydrogen-bond donors (Lipinski definition) is 0. The molecular weight excluding hydrogens is 212 g/mol. The highest BCUT2D eigenvalue weighted by Crippen LogP contribution is 2.22. The molecule has 0 saturated carbocycles. The van der Waals surface area contributed by atoms with Gasteiger partial charge in [0, 0.05) is 19.1 Å². The van der Waals surface area contributed by atoms with Gasteiger partial charge in [-0.15, -0.1) is 0 Å². The summed E-state index contributed by atoms with van der Waals surface area (Å²) in [6.45, 7) is 7.02. The first-order chi connectivity index (χ1) is 6.99. The highest BCUT2D eigenvalue weighted by atomic mass is 32.2. The minimum Gasteiger partial charge on any atom is -0.463 e. The molecule has 0 aliphatic carbocycles. The van der Waals surface area contributed by atoms with Gasteiger partial charge in [-0.05, 0) is 19.3 Å². The number of hydrogen-bond acceptors (Lipinski definition) is 4. The Labute approximate surface area is 95.9 Å². The van der Waals surface area contributed by atoms with E-state index in [1.807, 2.05) is 13.8 Å². The maximum absolute atomic E-state index is 11.0. The maximum atomic E-state index is 11.0. The SMILES string of the molecule is CCC(CC(CC)SC(C)=O)OC(C)=O. The normalized spacial score (nSPS) is 14.4. The van der Waals surface area contributed by atoms with Crippen LogP contribution in [0.5, 0.6) is 0 Å². The Morgan fingerprint density at radius 3 is 2.13 bits per heavy atom. The molecule has 0 aliphatic heterocycles. The number of ether oxygens (including phenoxy) is 1. The number of carbonyl (C=O) groups is 2. The Hall–Kier alpha value is -0.510. The third-order valence-corrected chi connectivity index (χ3v) is 3.29. The van der Waals surface area contributed by atoms with Crippen LogP contribution in [0.2, 0.25) is 0 Å². The minimum absolute atomic E-state index is 0.0562. The monoisotopic (exact) mass is 232 g/mol. The molecule has 0 aromatic rings. The minimum atomic E-state index is -0.246. The summed E-state index contributed by atoms with van der Waals surface area (Å²) < 4.78 is 5.15. The van der Waals surface area contributed by atoms with Crippen molar-refractivity contribution in [2.24, 2.45) is 0 Å². The molecule has 0 radical (unpaired) electrons. The predicted octanol–water partition coefficient (Wildman–Crippen LogP) is 2.78. The van der Waals surface area contributed by atoms with E-state index in [0.717, 1.165) is 19.3 Å². The molecule has 15 heavy (non-hydrogen) atoms. The van der Waals surface area contributed by atoms with Gasteiger partial charge in [0.2, 0.25) is 0 Å². The second-order valence-corrected chi connectivity index (χ2v) is 4.99. The van der Waals surface area contributed by atoms with Crippen molar-refractivity contribution in [3.05, 3.63) is 0 Å². The van der Waals surface area contributed by atoms with Gasteiger partial charge in [0.1, 0.15) is 6.10 Å². The molecule has 0 aromatic heterocycles. The zero-order valence-corrected chi connectivity index (χ0v) is 10.7. The van der Waals surface area contributed by atoms with Gasteiger partial charge in [-0.25, -0.2) is 0 Å². The smallest absolute Gasteiger partial charge is 0.302 e. The number of rotatable bonds is 6. The summed E-state index contributed by atoms with van der Waals surface area (Å²) in [6.07, 6.45) is 2.42. The zero-order chi connectivity index (χ0) is 11.8. The first kappa shape index (κ1) is 14.5. The van der Waals surface area contributed by atoms with Crippen LogP contribution in [0.4, 0.5) is 0 Å². The second-order valence-electron chi connectivity index (χ2n) is 3.52. The molecule has 0 aromatic carbocycles. The largest absolute Gasteiger partial charge is 0.463 e. The molecule has 3 nitrogen and oxygen atoms in total. The maximum Gasteiger partial charge on any atom is 0.302 e. The van der Waals surface area contributed by atoms with E-state index in [9.17, 15) is 9.59 Å². The first-order valence-electron chi connectivity index (χ1n) is 5.34. The molecule has 0 aliphatic rings. The van der Waals surface area contributed by atoms with Crippen molar-refractivity contribution < 1.29 is 14.3 Å². The van der Waals surface area contributed by atoms with Crippen molar-refractivity contribution in [2.75, 3.05) is 0 Å². The predicted molar refractivity (Wildman–Crippen MR) is 62.8 cm³/mol. The molecule has 0 amide bonds. The van der Waals surface area contributed by atoms with E-state index < -0.39 is 0 Å². The molecule has 2 atom stereocenters. The molecule has 4 heteroatoms. The van der Waals surface area contributed by atoms with E-state index in [2.05, 4.69) is 0 Å². The average Bonchev–Trinajstić information content (AvgIpc) is 2.14. The van der Waals surface area contributed by atoms with Gasteiger partial charge < -0.3 is 4.74 Å². The lowest BCUT2D eigenvalue weighted by Gasteiger charge is -2.20. The summed E-state index contributed by atoms with van der Waals surface area (Å²) >= 11 is 1.34. The van der Waals surface area contributed by atoms with Gasteiger partial charge in [0.15, 0.2) is 5.12 Å². The van der Waals surface area contributed by atoms with Crippen LogP contribution in [0.25, 0.3) is 0 Å². The molecule has 2 unspecified atom stereocenters. The van der Waals surface area contributed by atoms with Crippen molar-refractivity contribution in [1.82, 2.24) is 0 Å². The molecular formula is C11H20O3S. The molecule has 0 fully saturated rings. The fraction of sp³-hybridized carbons (Fsp3) is 0.818. The van der Waals surface area contributed by atoms with E-state index in [4.69, 9.17) is 4.74 Å². The van der Waals surface area contributed by atoms with Gasteiger partial charge >= 0.3 is 5.97 Å². The third-order valence-electron chi connectivity index (χ3n) is 2.10. The summed E-state index contributed by atoms with van der Waals surface area (Å²) in [6, 6.07) is 0. The van der Waals surface area contributed by atoms with E-state index in [0.29, 0.717) is 0 Å². The summed E-state index contributed by atoms with van der Waals surface area (Å²) in [5.74, 6) is -0.246. The lowest BCUT2D eigenvalue weighted by Crippen LogP contribution is -2.21. The Balaban J connectivity index is 4.10. The summed E-state index contributed by atoms with van der Waals surface area (Å²) in [7, 11) is 0. The van der Waals surface area contributed by atoms with Crippen LogP contribution >= 0.6 is 11.8 Å². The zero-order valence-electron chi connectivity index (χ0n) is 9.91. The standard InChI is InChI=1S/C11H20O3S/c1-5-10(14-8(3)12)7-11(6-2)15-9(4)13/h10-11H,5-7H2,1-4H3. The fourth-order valence-electron chi connectivity index (χ4n) is 1.36. The summed E-state index contributed by atoms with van der Waals surface area (Å²) in [5, 5.41) is 0.381. The van der Waals surface area contributed by atoms with Crippen LogP contribution in [-0.4, -0.2) is 22.4 Å². The second kappa shape index (κ2) is 7.74. The van der Waals surface area contributed by atoms with E-state index in [1.165, 1.54) is 18.7 Å². The van der Waals surface area contributed by atoms with Crippen LogP contribution in [0.3, 0.4) is 0 Å². The number of thioether (sulfide) groups is 1. The first-order valence-corrected chi connectivity index (χ1v) is 6.21. The van der Waals surface area contributed by atoms with Gasteiger partial charge in [0.05, 0.1) is 0 Å². The van der Waals surface area contributed by atoms with Crippen LogP contribution in [0.15, 0.2) is 0 Å². The van der Waals surface area contributed by atoms with Gasteiger partial charge in [-0.3, -0.25) is 9.59 Å². The molecule has 0 rings (SSSR count). The highest BCUT2D eigenvalue weighted by Gasteiger charge is 2.18. The van der Waals surface area contributed by atoms with Crippen molar-refractivity contribution in [3.8, 4) is 0 Å². The van der Waals surface area contributed by atoms with Crippen LogP contribution < -0.4 is 0 Å². The Bertz CT molecular complexity index is 194. The van der Waals surface area contributed by atoms with Crippen molar-refractivity contribution in [1.29, 1.82) is 0 Å². The quantitative estimate of drug-likeness (QED) is 0.660. The molecule has 0 bridgehead atoms. The van der Waals surface area contributed by atoms with Gasteiger partial charge in [0.25, 0.3) is 0 Å². The highest BCUT2D eigenvalue weighted by molar-refractivity contribution is 8.14. The van der Waals surface area contributed by atoms with Crippen LogP contribution in [-0.2, 0) is 14.3 Å². The molecule has 0 heterocycles. The van der Waals surface area contributed by atoms with Crippen molar-refractivity contribution in [3.63, 3.8) is 0 Å². The van der Waals surface area contributed by atoms with Crippen molar-refractivity contribution in [2.45, 2.75) is 58.3 Å². The van der Waals surface area contributed by atoms with Crippen molar-refractivity contribution >= 4 is 22.8 Å². The number of carbonyl (C=O) groups excluding carboxylic acids is 2. The summed E-state index contributed by atoms with van der Waals surface area (Å²) in [5.41, 5.74) is 0. The third kappa shape index (κ3) is 7.42. The average molecular weight is 232 g/mol. The Morgan fingerprint density at radius 1 is 1.20 bits per heavy atom. The van der Waals surface area contributed by atoms with Crippen LogP contribution in [0, 0.1) is 0 Å². The van der Waals surface area contributed by atoms with Gasteiger partial charge in [-0.2, -0.15) is 0 Å². The topological polar surface area (TPSA) is 43.4 Å². The number of esters is 1. The molecule has 0 N–H and O–H groups in total. The molecule has 0 saturated heterocycles. The van der Waals surface area contributed by atoms with Gasteiger partial charge in [-0.1, -0.05) is 25.6 Å². The Kier molecular flexibility index (Phi) is 7.48. The Morgan fingerprint density at radius 2 is 1.80 bits per heavy atom. The van der Waals surface area contributed by atoms with E-state index in [-0.39, 0.29) is 22.4 Å². The lowest BCUT2D eigenvalue weighted by atomic mass is 10.1. The fourth-order valence-corrected chi connectivity index (χ4v) is 2.31. The van der Waals surface area contributed by atoms with E-state index >= 15 is 0 Å². The molecule has 0 spiro atoms. The summed E-state index contributed by atoms with van der Waals surface area (Å²) in [4.78, 5) is 21.8. The van der Waals surface area contributed by atoms with E-state index in [1.54, 1.807) is 6.92 Å². The molecule has 88 valence electrons.